The van der Waals surface area contributed by atoms with Gasteiger partial charge in [0.1, 0.15) is 12.6 Å². The van der Waals surface area contributed by atoms with E-state index >= 15 is 0 Å². The van der Waals surface area contributed by atoms with Gasteiger partial charge in [-0.25, -0.2) is 4.79 Å². The lowest BCUT2D eigenvalue weighted by atomic mass is 10.1. The molecule has 0 aliphatic rings. The zero-order valence-electron chi connectivity index (χ0n) is 22.2. The van der Waals surface area contributed by atoms with Crippen LogP contribution in [0.5, 0.6) is 0 Å². The average Bonchev–Trinajstić information content (AvgIpc) is 3.70. The molecule has 2 heterocycles. The standard InChI is InChI=1S/C31H33N3O4S2/c35-29(25-13-5-2-6-14-25)33-28(17-7-8-18-32-31(37)38-23-24-11-3-1-4-12-24)30(36)34(21-26-15-9-19-39-26)22-27-16-10-20-40-27/h1-6,9-16,19-20,28H,7-8,17-18,21-23H2,(H,32,37)(H,33,35). The summed E-state index contributed by atoms with van der Waals surface area (Å²) in [7, 11) is 0. The highest BCUT2D eigenvalue weighted by Gasteiger charge is 2.27. The van der Waals surface area contributed by atoms with Gasteiger partial charge in [-0.05, 0) is 59.9 Å². The van der Waals surface area contributed by atoms with E-state index in [9.17, 15) is 14.4 Å². The number of hydrogen-bond acceptors (Lipinski definition) is 6. The monoisotopic (exact) mass is 575 g/mol. The minimum Gasteiger partial charge on any atom is -0.445 e. The second-order valence-electron chi connectivity index (χ2n) is 9.23. The van der Waals surface area contributed by atoms with Gasteiger partial charge in [0.25, 0.3) is 5.91 Å². The molecule has 0 fully saturated rings. The molecule has 0 aliphatic heterocycles. The fourth-order valence-electron chi connectivity index (χ4n) is 4.14. The number of unbranched alkanes of at least 4 members (excludes halogenated alkanes) is 1. The molecule has 0 aliphatic carbocycles. The van der Waals surface area contributed by atoms with Crippen molar-refractivity contribution in [3.63, 3.8) is 0 Å². The lowest BCUT2D eigenvalue weighted by molar-refractivity contribution is -0.134. The predicted octanol–water partition coefficient (Wildman–Crippen LogP) is 6.23. The Morgan fingerprint density at radius 3 is 2.00 bits per heavy atom. The molecule has 0 radical (unpaired) electrons. The predicted molar refractivity (Wildman–Crippen MR) is 159 cm³/mol. The van der Waals surface area contributed by atoms with Crippen molar-refractivity contribution in [3.8, 4) is 0 Å². The second-order valence-corrected chi connectivity index (χ2v) is 11.3. The molecule has 2 aromatic heterocycles. The fourth-order valence-corrected chi connectivity index (χ4v) is 5.58. The summed E-state index contributed by atoms with van der Waals surface area (Å²) in [6, 6.07) is 25.7. The summed E-state index contributed by atoms with van der Waals surface area (Å²) in [6.45, 7) is 1.57. The Morgan fingerprint density at radius 1 is 0.775 bits per heavy atom. The summed E-state index contributed by atoms with van der Waals surface area (Å²) in [6.07, 6.45) is 1.24. The van der Waals surface area contributed by atoms with Crippen LogP contribution >= 0.6 is 22.7 Å². The first-order valence-electron chi connectivity index (χ1n) is 13.2. The maximum Gasteiger partial charge on any atom is 0.407 e. The van der Waals surface area contributed by atoms with Gasteiger partial charge >= 0.3 is 6.09 Å². The Balaban J connectivity index is 1.35. The minimum atomic E-state index is -0.697. The van der Waals surface area contributed by atoms with Gasteiger partial charge in [-0.15, -0.1) is 22.7 Å². The minimum absolute atomic E-state index is 0.124. The van der Waals surface area contributed by atoms with E-state index in [1.54, 1.807) is 46.9 Å². The van der Waals surface area contributed by atoms with E-state index in [0.29, 0.717) is 44.5 Å². The molecule has 208 valence electrons. The van der Waals surface area contributed by atoms with Crippen molar-refractivity contribution >= 4 is 40.6 Å². The summed E-state index contributed by atoms with van der Waals surface area (Å²) >= 11 is 3.21. The molecule has 1 unspecified atom stereocenters. The zero-order valence-corrected chi connectivity index (χ0v) is 23.8. The molecular weight excluding hydrogens is 542 g/mol. The maximum absolute atomic E-state index is 13.9. The van der Waals surface area contributed by atoms with Crippen molar-refractivity contribution in [2.75, 3.05) is 6.54 Å². The first-order valence-corrected chi connectivity index (χ1v) is 15.0. The topological polar surface area (TPSA) is 87.7 Å². The fraction of sp³-hybridized carbons (Fsp3) is 0.258. The van der Waals surface area contributed by atoms with Gasteiger partial charge < -0.3 is 20.3 Å². The van der Waals surface area contributed by atoms with Gasteiger partial charge in [-0.1, -0.05) is 60.7 Å². The van der Waals surface area contributed by atoms with Crippen molar-refractivity contribution in [1.29, 1.82) is 0 Å². The van der Waals surface area contributed by atoms with Crippen LogP contribution in [0.15, 0.2) is 95.7 Å². The summed E-state index contributed by atoms with van der Waals surface area (Å²) in [4.78, 5) is 43.0. The number of amides is 3. The molecule has 1 atom stereocenters. The van der Waals surface area contributed by atoms with E-state index in [4.69, 9.17) is 4.74 Å². The molecular formula is C31H33N3O4S2. The van der Waals surface area contributed by atoms with E-state index in [1.165, 1.54) is 0 Å². The van der Waals surface area contributed by atoms with Crippen molar-refractivity contribution in [3.05, 3.63) is 117 Å². The van der Waals surface area contributed by atoms with Crippen LogP contribution < -0.4 is 10.6 Å². The lowest BCUT2D eigenvalue weighted by Crippen LogP contribution is -2.48. The van der Waals surface area contributed by atoms with Crippen LogP contribution in [0.2, 0.25) is 0 Å². The van der Waals surface area contributed by atoms with Crippen molar-refractivity contribution < 1.29 is 19.1 Å². The quantitative estimate of drug-likeness (QED) is 0.174. The molecule has 0 spiro atoms. The summed E-state index contributed by atoms with van der Waals surface area (Å²) in [5.74, 6) is -0.407. The Hall–Kier alpha value is -3.95. The van der Waals surface area contributed by atoms with Crippen LogP contribution in [-0.2, 0) is 29.2 Å². The third-order valence-electron chi connectivity index (χ3n) is 6.21. The third-order valence-corrected chi connectivity index (χ3v) is 7.93. The Bertz CT molecular complexity index is 1280. The summed E-state index contributed by atoms with van der Waals surface area (Å²) in [5.41, 5.74) is 1.43. The molecule has 4 aromatic rings. The molecule has 2 N–H and O–H groups in total. The number of nitrogens with zero attached hydrogens (tertiary/aromatic N) is 1. The Morgan fingerprint density at radius 2 is 1.40 bits per heavy atom. The highest BCUT2D eigenvalue weighted by atomic mass is 32.1. The van der Waals surface area contributed by atoms with E-state index in [0.717, 1.165) is 15.3 Å². The van der Waals surface area contributed by atoms with Crippen LogP contribution in [0.25, 0.3) is 0 Å². The zero-order chi connectivity index (χ0) is 28.0. The first kappa shape index (κ1) is 29.0. The highest BCUT2D eigenvalue weighted by molar-refractivity contribution is 7.10. The van der Waals surface area contributed by atoms with Gasteiger partial charge in [0.15, 0.2) is 0 Å². The Kier molecular flexibility index (Phi) is 11.3. The number of hydrogen-bond donors (Lipinski definition) is 2. The normalized spacial score (nSPS) is 11.4. The van der Waals surface area contributed by atoms with Gasteiger partial charge in [0.05, 0.1) is 13.1 Å². The number of carbonyl (C=O) groups is 3. The number of rotatable bonds is 14. The molecule has 40 heavy (non-hydrogen) atoms. The van der Waals surface area contributed by atoms with Crippen molar-refractivity contribution in [2.24, 2.45) is 0 Å². The molecule has 0 saturated heterocycles. The molecule has 2 aromatic carbocycles. The molecule has 7 nitrogen and oxygen atoms in total. The Labute approximate surface area is 242 Å². The van der Waals surface area contributed by atoms with Crippen molar-refractivity contribution in [2.45, 2.75) is 45.0 Å². The van der Waals surface area contributed by atoms with E-state index in [2.05, 4.69) is 10.6 Å². The largest absolute Gasteiger partial charge is 0.445 e. The molecule has 3 amide bonds. The maximum atomic E-state index is 13.9. The molecule has 4 rings (SSSR count). The number of benzene rings is 2. The average molecular weight is 576 g/mol. The van der Waals surface area contributed by atoms with Gasteiger partial charge in [-0.3, -0.25) is 9.59 Å². The van der Waals surface area contributed by atoms with Crippen molar-refractivity contribution in [1.82, 2.24) is 15.5 Å². The SMILES string of the molecule is O=C(NCCCCC(NC(=O)c1ccccc1)C(=O)N(Cc1cccs1)Cc1cccs1)OCc1ccccc1. The van der Waals surface area contributed by atoms with Crippen LogP contribution in [0.4, 0.5) is 4.79 Å². The van der Waals surface area contributed by atoms with Crippen LogP contribution in [-0.4, -0.2) is 35.4 Å². The van der Waals surface area contributed by atoms with E-state index in [-0.39, 0.29) is 18.4 Å². The van der Waals surface area contributed by atoms with Crippen LogP contribution in [0.1, 0.15) is 44.9 Å². The molecule has 9 heteroatoms. The van der Waals surface area contributed by atoms with E-state index < -0.39 is 12.1 Å². The van der Waals surface area contributed by atoms with Gasteiger partial charge in [0, 0.05) is 21.9 Å². The lowest BCUT2D eigenvalue weighted by Gasteiger charge is -2.27. The summed E-state index contributed by atoms with van der Waals surface area (Å²) in [5, 5.41) is 9.73. The second kappa shape index (κ2) is 15.6. The van der Waals surface area contributed by atoms with Crippen LogP contribution in [0, 0.1) is 0 Å². The molecule has 0 bridgehead atoms. The first-order chi connectivity index (χ1) is 19.6. The number of thiophene rings is 2. The molecule has 0 saturated carbocycles. The number of carbonyl (C=O) groups excluding carboxylic acids is 3. The smallest absolute Gasteiger partial charge is 0.407 e. The highest BCUT2D eigenvalue weighted by Crippen LogP contribution is 2.19. The number of ether oxygens (including phenoxy) is 1. The third kappa shape index (κ3) is 9.36. The number of nitrogens with one attached hydrogen (secondary N) is 2. The van der Waals surface area contributed by atoms with Gasteiger partial charge in [-0.2, -0.15) is 0 Å². The van der Waals surface area contributed by atoms with Crippen LogP contribution in [0.3, 0.4) is 0 Å². The summed E-state index contributed by atoms with van der Waals surface area (Å²) < 4.78 is 5.26. The van der Waals surface area contributed by atoms with E-state index in [1.807, 2.05) is 76.3 Å². The van der Waals surface area contributed by atoms with Gasteiger partial charge in [0.2, 0.25) is 5.91 Å². The number of alkyl carbamates (subject to hydrolysis) is 1.